The molecule has 2 atom stereocenters. The van der Waals surface area contributed by atoms with Crippen molar-refractivity contribution in [2.45, 2.75) is 45.9 Å². The number of hydrogen-bond donors (Lipinski definition) is 1. The number of rotatable bonds is 1. The van der Waals surface area contributed by atoms with Gasteiger partial charge in [-0.3, -0.25) is 0 Å². The number of nitrogens with zero attached hydrogens (tertiary/aromatic N) is 1. The molecule has 5 heteroatoms. The number of amides is 1. The van der Waals surface area contributed by atoms with Crippen molar-refractivity contribution < 1.29 is 13.9 Å². The predicted octanol–water partition coefficient (Wildman–Crippen LogP) is 1.93. The molecule has 0 bridgehead atoms. The van der Waals surface area contributed by atoms with Gasteiger partial charge in [0.05, 0.1) is 6.54 Å². The molecule has 0 spiro atoms. The molecule has 1 rings (SSSR count). The Kier molecular flexibility index (Phi) is 4.02. The molecule has 1 aliphatic heterocycles. The summed E-state index contributed by atoms with van der Waals surface area (Å²) in [6.07, 6.45) is -0.961. The van der Waals surface area contributed by atoms with Crippen LogP contribution in [0.4, 0.5) is 9.18 Å². The van der Waals surface area contributed by atoms with Crippen molar-refractivity contribution >= 4 is 6.09 Å². The minimum absolute atomic E-state index is 0.0720. The van der Waals surface area contributed by atoms with E-state index >= 15 is 0 Å². The first-order valence-corrected chi connectivity index (χ1v) is 6.00. The summed E-state index contributed by atoms with van der Waals surface area (Å²) >= 11 is 0. The Morgan fingerprint density at radius 3 is 2.59 bits per heavy atom. The van der Waals surface area contributed by atoms with E-state index < -0.39 is 23.3 Å². The van der Waals surface area contributed by atoms with Gasteiger partial charge in [-0.05, 0) is 27.2 Å². The number of ether oxygens (including phenoxy) is 1. The summed E-state index contributed by atoms with van der Waals surface area (Å²) in [6.45, 7) is 8.09. The summed E-state index contributed by atoms with van der Waals surface area (Å²) in [5.74, 6) is 0. The summed E-state index contributed by atoms with van der Waals surface area (Å²) in [5, 5.41) is 0. The van der Waals surface area contributed by atoms with Crippen LogP contribution < -0.4 is 5.73 Å². The highest BCUT2D eigenvalue weighted by atomic mass is 19.1. The second-order valence-electron chi connectivity index (χ2n) is 6.00. The smallest absolute Gasteiger partial charge is 0.410 e. The Morgan fingerprint density at radius 1 is 1.59 bits per heavy atom. The van der Waals surface area contributed by atoms with E-state index in [1.54, 1.807) is 20.8 Å². The molecule has 0 aromatic carbocycles. The van der Waals surface area contributed by atoms with Crippen LogP contribution >= 0.6 is 0 Å². The van der Waals surface area contributed by atoms with Gasteiger partial charge in [0.25, 0.3) is 0 Å². The maximum atomic E-state index is 13.9. The lowest BCUT2D eigenvalue weighted by Crippen LogP contribution is -2.53. The second kappa shape index (κ2) is 4.80. The zero-order valence-corrected chi connectivity index (χ0v) is 11.1. The highest BCUT2D eigenvalue weighted by Crippen LogP contribution is 2.32. The first kappa shape index (κ1) is 14.2. The number of alkyl halides is 1. The zero-order chi connectivity index (χ0) is 13.3. The van der Waals surface area contributed by atoms with Gasteiger partial charge in [0.2, 0.25) is 0 Å². The lowest BCUT2D eigenvalue weighted by molar-refractivity contribution is -0.0120. The Hall–Kier alpha value is -0.840. The molecule has 4 nitrogen and oxygen atoms in total. The van der Waals surface area contributed by atoms with Gasteiger partial charge in [-0.25, -0.2) is 9.18 Å². The maximum absolute atomic E-state index is 13.9. The van der Waals surface area contributed by atoms with Crippen LogP contribution in [0.5, 0.6) is 0 Å². The standard InChI is InChI=1S/C12H23FN2O2/c1-11(2,3)17-10(16)15-6-5-12(4,8-14)9(13)7-15/h9H,5-8,14H2,1-4H3/t9-,12+/m0/s1. The molecule has 1 aliphatic rings. The van der Waals surface area contributed by atoms with E-state index in [0.29, 0.717) is 19.5 Å². The number of carbonyl (C=O) groups excluding carboxylic acids is 1. The van der Waals surface area contributed by atoms with Gasteiger partial charge >= 0.3 is 6.09 Å². The van der Waals surface area contributed by atoms with E-state index in [4.69, 9.17) is 10.5 Å². The Balaban J connectivity index is 2.58. The lowest BCUT2D eigenvalue weighted by Gasteiger charge is -2.41. The molecule has 0 aliphatic carbocycles. The monoisotopic (exact) mass is 246 g/mol. The van der Waals surface area contributed by atoms with Crippen molar-refractivity contribution in [2.24, 2.45) is 11.1 Å². The topological polar surface area (TPSA) is 55.6 Å². The lowest BCUT2D eigenvalue weighted by atomic mass is 9.79. The van der Waals surface area contributed by atoms with Gasteiger partial charge in [0, 0.05) is 18.5 Å². The fourth-order valence-corrected chi connectivity index (χ4v) is 1.77. The van der Waals surface area contributed by atoms with Gasteiger partial charge in [-0.2, -0.15) is 0 Å². The SMILES string of the molecule is CC(C)(C)OC(=O)N1CC[C@](C)(CN)[C@@H](F)C1. The van der Waals surface area contributed by atoms with Gasteiger partial charge in [0.1, 0.15) is 11.8 Å². The molecule has 100 valence electrons. The van der Waals surface area contributed by atoms with E-state index in [2.05, 4.69) is 0 Å². The van der Waals surface area contributed by atoms with Crippen LogP contribution in [-0.2, 0) is 4.74 Å². The van der Waals surface area contributed by atoms with Gasteiger partial charge in [-0.1, -0.05) is 6.92 Å². The van der Waals surface area contributed by atoms with Crippen LogP contribution in [0.3, 0.4) is 0 Å². The third-order valence-electron chi connectivity index (χ3n) is 3.21. The van der Waals surface area contributed by atoms with Crippen LogP contribution in [0.15, 0.2) is 0 Å². The molecule has 2 N–H and O–H groups in total. The first-order chi connectivity index (χ1) is 7.68. The van der Waals surface area contributed by atoms with Crippen molar-refractivity contribution in [3.63, 3.8) is 0 Å². The highest BCUT2D eigenvalue weighted by molar-refractivity contribution is 5.68. The van der Waals surface area contributed by atoms with Gasteiger partial charge in [0.15, 0.2) is 0 Å². The summed E-state index contributed by atoms with van der Waals surface area (Å²) in [4.78, 5) is 13.2. The fraction of sp³-hybridized carbons (Fsp3) is 0.917. The molecule has 1 saturated heterocycles. The van der Waals surface area contributed by atoms with Crippen molar-refractivity contribution in [2.75, 3.05) is 19.6 Å². The average molecular weight is 246 g/mol. The summed E-state index contributed by atoms with van der Waals surface area (Å²) in [5.41, 5.74) is 4.52. The molecule has 0 aromatic heterocycles. The molecule has 0 aromatic rings. The number of carbonyl (C=O) groups is 1. The van der Waals surface area contributed by atoms with Crippen LogP contribution in [0.2, 0.25) is 0 Å². The Bertz CT molecular complexity index is 291. The van der Waals surface area contributed by atoms with Crippen molar-refractivity contribution in [1.29, 1.82) is 0 Å². The number of nitrogens with two attached hydrogens (primary N) is 1. The third-order valence-corrected chi connectivity index (χ3v) is 3.21. The highest BCUT2D eigenvalue weighted by Gasteiger charge is 2.40. The molecule has 0 radical (unpaired) electrons. The van der Waals surface area contributed by atoms with Crippen LogP contribution in [0, 0.1) is 5.41 Å². The van der Waals surface area contributed by atoms with Crippen molar-refractivity contribution in [3.8, 4) is 0 Å². The molecular formula is C12H23FN2O2. The molecule has 1 amide bonds. The van der Waals surface area contributed by atoms with E-state index in [-0.39, 0.29) is 6.54 Å². The van der Waals surface area contributed by atoms with E-state index in [1.807, 2.05) is 6.92 Å². The Labute approximate surface area is 102 Å². The van der Waals surface area contributed by atoms with E-state index in [9.17, 15) is 9.18 Å². The zero-order valence-electron chi connectivity index (χ0n) is 11.1. The number of likely N-dealkylation sites (tertiary alicyclic amines) is 1. The summed E-state index contributed by atoms with van der Waals surface area (Å²) in [7, 11) is 0. The minimum Gasteiger partial charge on any atom is -0.444 e. The third kappa shape index (κ3) is 3.56. The summed E-state index contributed by atoms with van der Waals surface area (Å²) < 4.78 is 19.2. The van der Waals surface area contributed by atoms with Gasteiger partial charge in [-0.15, -0.1) is 0 Å². The summed E-state index contributed by atoms with van der Waals surface area (Å²) in [6, 6.07) is 0. The number of halogens is 1. The maximum Gasteiger partial charge on any atom is 0.410 e. The van der Waals surface area contributed by atoms with Crippen LogP contribution in [0.25, 0.3) is 0 Å². The first-order valence-electron chi connectivity index (χ1n) is 6.00. The normalized spacial score (nSPS) is 30.2. The fourth-order valence-electron chi connectivity index (χ4n) is 1.77. The quantitative estimate of drug-likeness (QED) is 0.769. The predicted molar refractivity (Wildman–Crippen MR) is 64.5 cm³/mol. The van der Waals surface area contributed by atoms with E-state index in [1.165, 1.54) is 4.90 Å². The molecule has 0 saturated carbocycles. The second-order valence-corrected chi connectivity index (χ2v) is 6.00. The number of hydrogen-bond acceptors (Lipinski definition) is 3. The molecule has 0 unspecified atom stereocenters. The van der Waals surface area contributed by atoms with Crippen molar-refractivity contribution in [1.82, 2.24) is 4.90 Å². The van der Waals surface area contributed by atoms with Crippen LogP contribution in [0.1, 0.15) is 34.1 Å². The molecular weight excluding hydrogens is 223 g/mol. The average Bonchev–Trinajstić information content (AvgIpc) is 2.19. The van der Waals surface area contributed by atoms with Crippen LogP contribution in [-0.4, -0.2) is 42.4 Å². The van der Waals surface area contributed by atoms with E-state index in [0.717, 1.165) is 0 Å². The van der Waals surface area contributed by atoms with Crippen molar-refractivity contribution in [3.05, 3.63) is 0 Å². The minimum atomic E-state index is -1.09. The molecule has 1 heterocycles. The largest absolute Gasteiger partial charge is 0.444 e. The molecule has 17 heavy (non-hydrogen) atoms. The number of piperidine rings is 1. The Morgan fingerprint density at radius 2 is 2.18 bits per heavy atom. The molecule has 1 fully saturated rings. The van der Waals surface area contributed by atoms with Gasteiger partial charge < -0.3 is 15.4 Å².